The minimum absolute atomic E-state index is 0. The fraction of sp³-hybridized carbons (Fsp3) is 0.0851. The Kier molecular flexibility index (Phi) is 13.1. The van der Waals surface area contributed by atoms with E-state index in [1.54, 1.807) is 26.2 Å². The van der Waals surface area contributed by atoms with E-state index < -0.39 is 11.7 Å². The van der Waals surface area contributed by atoms with Gasteiger partial charge in [-0.2, -0.15) is 24.6 Å². The fourth-order valence-corrected chi connectivity index (χ4v) is 6.80. The molecule has 9 nitrogen and oxygen atoms in total. The Balaban J connectivity index is 0.000000208. The van der Waals surface area contributed by atoms with Gasteiger partial charge in [0.25, 0.3) is 0 Å². The third-order valence-electron chi connectivity index (χ3n) is 9.78. The van der Waals surface area contributed by atoms with Crippen molar-refractivity contribution in [1.29, 1.82) is 5.26 Å². The van der Waals surface area contributed by atoms with Crippen LogP contribution in [0, 0.1) is 39.5 Å². The van der Waals surface area contributed by atoms with Gasteiger partial charge in [-0.05, 0) is 114 Å². The molecule has 1 aliphatic heterocycles. The summed E-state index contributed by atoms with van der Waals surface area (Å²) in [5, 5.41) is 14.0. The van der Waals surface area contributed by atoms with Crippen LogP contribution in [0.3, 0.4) is 0 Å². The van der Waals surface area contributed by atoms with Crippen molar-refractivity contribution in [3.63, 3.8) is 0 Å². The molecule has 0 unspecified atom stereocenters. The molecule has 5 heterocycles. The molecule has 0 fully saturated rings. The van der Waals surface area contributed by atoms with Crippen LogP contribution < -0.4 is 4.74 Å². The number of allylic oxidation sites excluding steroid dienone is 3. The molecular weight excluding hydrogens is 851 g/mol. The maximum absolute atomic E-state index is 13.8. The average molecular weight is 887 g/mol. The number of nitriles is 1. The number of hydrogen-bond acceptors (Lipinski definition) is 7. The van der Waals surface area contributed by atoms with Gasteiger partial charge in [0.05, 0.1) is 38.7 Å². The SMILES string of the molecule is C=C([NH-])c1cc(/C(C#N)=C2/C=C(C(F)(F)F)c3cc(C)c(C)c(C)c3O2)ccn1.C=C[NH-].[CH3-].[Ru+3].c1ccc2cc3nc4c5cccnc5c5ncccc5c4nc3cc2c1. The van der Waals surface area contributed by atoms with Gasteiger partial charge in [-0.15, -0.1) is 18.9 Å². The van der Waals surface area contributed by atoms with E-state index in [1.807, 2.05) is 49.4 Å². The van der Waals surface area contributed by atoms with Crippen LogP contribution in [0.1, 0.15) is 33.5 Å². The molecule has 4 aromatic heterocycles. The summed E-state index contributed by atoms with van der Waals surface area (Å²) in [7, 11) is 0. The zero-order chi connectivity index (χ0) is 41.3. The van der Waals surface area contributed by atoms with Crippen molar-refractivity contribution in [3.8, 4) is 11.8 Å². The number of rotatable bonds is 2. The van der Waals surface area contributed by atoms with Crippen molar-refractivity contribution in [2.75, 3.05) is 0 Å². The molecule has 4 aromatic carbocycles. The van der Waals surface area contributed by atoms with Gasteiger partial charge in [0, 0.05) is 40.6 Å². The monoisotopic (exact) mass is 887 g/mol. The molecule has 0 spiro atoms. The van der Waals surface area contributed by atoms with E-state index in [0.717, 1.165) is 67.3 Å². The van der Waals surface area contributed by atoms with E-state index in [1.165, 1.54) is 35.2 Å². The number of hydrogen-bond donors (Lipinski definition) is 0. The number of pyridine rings is 3. The first-order valence-electron chi connectivity index (χ1n) is 17.8. The molecule has 0 saturated heterocycles. The number of fused-ring (bicyclic) bond motifs is 9. The van der Waals surface area contributed by atoms with Gasteiger partial charge >= 0.3 is 25.7 Å². The predicted molar refractivity (Wildman–Crippen MR) is 232 cm³/mol. The van der Waals surface area contributed by atoms with Gasteiger partial charge in [0.1, 0.15) is 23.2 Å². The van der Waals surface area contributed by atoms with Crippen LogP contribution in [0.2, 0.25) is 0 Å². The minimum Gasteiger partial charge on any atom is -0.705 e. The molecule has 1 aliphatic rings. The van der Waals surface area contributed by atoms with Crippen LogP contribution in [0.4, 0.5) is 13.2 Å². The zero-order valence-corrected chi connectivity index (χ0v) is 34.6. The Morgan fingerprint density at radius 3 is 1.83 bits per heavy atom. The van der Waals surface area contributed by atoms with Crippen molar-refractivity contribution in [2.24, 2.45) is 0 Å². The zero-order valence-electron chi connectivity index (χ0n) is 32.9. The number of aromatic nitrogens is 5. The molecule has 0 amide bonds. The Hall–Kier alpha value is -7.03. The van der Waals surface area contributed by atoms with Gasteiger partial charge in [0.2, 0.25) is 0 Å². The van der Waals surface area contributed by atoms with Crippen LogP contribution in [0.25, 0.3) is 83.0 Å². The summed E-state index contributed by atoms with van der Waals surface area (Å²) in [5.41, 5.74) is 20.4. The van der Waals surface area contributed by atoms with E-state index >= 15 is 0 Å². The Morgan fingerprint density at radius 2 is 1.33 bits per heavy atom. The van der Waals surface area contributed by atoms with Gasteiger partial charge in [-0.1, -0.05) is 24.3 Å². The number of nitrogens with one attached hydrogen (secondary N) is 2. The Morgan fingerprint density at radius 1 is 0.783 bits per heavy atom. The first kappa shape index (κ1) is 44.1. The Labute approximate surface area is 357 Å². The van der Waals surface area contributed by atoms with Crippen LogP contribution in [-0.4, -0.2) is 31.1 Å². The van der Waals surface area contributed by atoms with Crippen molar-refractivity contribution in [2.45, 2.75) is 26.9 Å². The third-order valence-corrected chi connectivity index (χ3v) is 9.78. The van der Waals surface area contributed by atoms with Crippen LogP contribution in [0.5, 0.6) is 5.75 Å². The molecule has 2 N–H and O–H groups in total. The molecule has 0 bridgehead atoms. The summed E-state index contributed by atoms with van der Waals surface area (Å²) in [6.07, 6.45) is 2.18. The first-order chi connectivity index (χ1) is 27.8. The standard InChI is InChI=1S/C22H17F3N3O.C22H12N4.C2H4N.CH3.Ru/c1-11-7-16-18(22(23,24)25)9-20(29-21(16)13(3)12(11)2)17(10-26)15-5-6-28-19(8-15)14(4)27;1-2-6-14-12-18-17(11-13(14)5-1)25-21-15-7-3-9-23-19(15)20-16(22(21)26-18)8-4-10-24-20;1-2-3;;/h5-9,27H,4H2,1-3H3;1-12H;2-3H,1H2;1H3;/q-1;;2*-1;+3/b20-17-;;;;. The minimum atomic E-state index is -4.63. The number of ether oxygens (including phenoxy) is 1. The maximum Gasteiger partial charge on any atom is 3.00 e. The second kappa shape index (κ2) is 17.9. The second-order valence-corrected chi connectivity index (χ2v) is 13.3. The summed E-state index contributed by atoms with van der Waals surface area (Å²) in [6, 6.07) is 26.7. The molecule has 8 aromatic rings. The molecule has 60 heavy (non-hydrogen) atoms. The molecule has 1 radical (unpaired) electrons. The van der Waals surface area contributed by atoms with Crippen molar-refractivity contribution in [3.05, 3.63) is 181 Å². The van der Waals surface area contributed by atoms with Crippen molar-refractivity contribution in [1.82, 2.24) is 24.9 Å². The summed E-state index contributed by atoms with van der Waals surface area (Å²) < 4.78 is 47.3. The van der Waals surface area contributed by atoms with Crippen LogP contribution in [-0.2, 0) is 19.5 Å². The molecular formula is C47H36F3N8ORu. The number of alkyl halides is 3. The second-order valence-electron chi connectivity index (χ2n) is 13.3. The van der Waals surface area contributed by atoms with Crippen LogP contribution >= 0.6 is 0 Å². The number of aryl methyl sites for hydroxylation is 1. The first-order valence-corrected chi connectivity index (χ1v) is 17.8. The molecule has 0 aliphatic carbocycles. The molecule has 0 saturated carbocycles. The van der Waals surface area contributed by atoms with Gasteiger partial charge in [0.15, 0.2) is 0 Å². The van der Waals surface area contributed by atoms with Crippen LogP contribution in [0.15, 0.2) is 129 Å². The number of nitrogens with zero attached hydrogens (tertiary/aromatic N) is 6. The van der Waals surface area contributed by atoms with E-state index in [2.05, 4.69) is 52.4 Å². The number of halogens is 3. The van der Waals surface area contributed by atoms with Gasteiger partial charge in [-0.25, -0.2) is 9.97 Å². The van der Waals surface area contributed by atoms with Gasteiger partial charge < -0.3 is 23.6 Å². The van der Waals surface area contributed by atoms with Crippen molar-refractivity contribution < 1.29 is 37.4 Å². The summed E-state index contributed by atoms with van der Waals surface area (Å²) in [6.45, 7) is 11.8. The Bertz CT molecular complexity index is 2980. The van der Waals surface area contributed by atoms with E-state index in [-0.39, 0.29) is 60.9 Å². The summed E-state index contributed by atoms with van der Waals surface area (Å²) in [4.78, 5) is 23.0. The normalized spacial score (nSPS) is 12.6. The largest absolute Gasteiger partial charge is 3.00 e. The summed E-state index contributed by atoms with van der Waals surface area (Å²) >= 11 is 0. The summed E-state index contributed by atoms with van der Waals surface area (Å²) in [5.74, 6) is -0.115. The molecule has 13 heteroatoms. The van der Waals surface area contributed by atoms with Crippen molar-refractivity contribution >= 4 is 71.5 Å². The van der Waals surface area contributed by atoms with E-state index in [4.69, 9.17) is 26.2 Å². The quantitative estimate of drug-likeness (QED) is 0.0552. The smallest absolute Gasteiger partial charge is 0.705 e. The average Bonchev–Trinajstić information content (AvgIpc) is 3.22. The topological polar surface area (TPSA) is 145 Å². The predicted octanol–water partition coefficient (Wildman–Crippen LogP) is 13.0. The van der Waals surface area contributed by atoms with E-state index in [9.17, 15) is 18.4 Å². The fourth-order valence-electron chi connectivity index (χ4n) is 6.80. The third kappa shape index (κ3) is 8.28. The molecule has 9 rings (SSSR count). The van der Waals surface area contributed by atoms with Gasteiger partial charge in [-0.3, -0.25) is 15.0 Å². The molecule has 299 valence electrons. The van der Waals surface area contributed by atoms with E-state index in [0.29, 0.717) is 11.1 Å². The maximum atomic E-state index is 13.8. The molecule has 0 atom stereocenters. The number of benzene rings is 4.